The van der Waals surface area contributed by atoms with Gasteiger partial charge >= 0.3 is 5.97 Å². The van der Waals surface area contributed by atoms with E-state index in [-0.39, 0.29) is 12.6 Å². The van der Waals surface area contributed by atoms with Crippen LogP contribution in [0.3, 0.4) is 0 Å². The summed E-state index contributed by atoms with van der Waals surface area (Å²) in [5.74, 6) is 4.87. The van der Waals surface area contributed by atoms with Gasteiger partial charge in [-0.15, -0.1) is 0 Å². The average Bonchev–Trinajstić information content (AvgIpc) is 2.26. The summed E-state index contributed by atoms with van der Waals surface area (Å²) >= 11 is 0. The Labute approximate surface area is 82.3 Å². The van der Waals surface area contributed by atoms with Crippen LogP contribution in [0.5, 0.6) is 0 Å². The minimum Gasteiger partial charge on any atom is -0.465 e. The van der Waals surface area contributed by atoms with Gasteiger partial charge in [0.15, 0.2) is 0 Å². The van der Waals surface area contributed by atoms with Crippen molar-refractivity contribution >= 4 is 5.97 Å². The van der Waals surface area contributed by atoms with Gasteiger partial charge in [0, 0.05) is 5.56 Å². The van der Waals surface area contributed by atoms with Gasteiger partial charge in [-0.25, -0.2) is 4.79 Å². The standard InChI is InChI=1S/C11H10O3/c1-14-11(13)10-6-4-9(5-7-10)3-2-8-12/h4-7,12H,8H2,1H3. The van der Waals surface area contributed by atoms with E-state index in [1.165, 1.54) is 7.11 Å². The van der Waals surface area contributed by atoms with Crippen LogP contribution >= 0.6 is 0 Å². The molecule has 1 aromatic rings. The number of aliphatic hydroxyl groups excluding tert-OH is 1. The van der Waals surface area contributed by atoms with Gasteiger partial charge < -0.3 is 9.84 Å². The maximum absolute atomic E-state index is 11.0. The van der Waals surface area contributed by atoms with Gasteiger partial charge in [0.2, 0.25) is 0 Å². The van der Waals surface area contributed by atoms with Crippen molar-refractivity contribution in [1.29, 1.82) is 0 Å². The zero-order valence-corrected chi connectivity index (χ0v) is 7.78. The molecule has 0 fully saturated rings. The fourth-order valence-corrected chi connectivity index (χ4v) is 0.949. The summed E-state index contributed by atoms with van der Waals surface area (Å²) in [5.41, 5.74) is 1.24. The highest BCUT2D eigenvalue weighted by Crippen LogP contribution is 2.04. The van der Waals surface area contributed by atoms with Crippen LogP contribution in [0.2, 0.25) is 0 Å². The molecule has 0 atom stereocenters. The summed E-state index contributed by atoms with van der Waals surface area (Å²) in [6.07, 6.45) is 0. The Balaban J connectivity index is 2.83. The Morgan fingerprint density at radius 3 is 2.57 bits per heavy atom. The van der Waals surface area contributed by atoms with Crippen molar-refractivity contribution in [2.24, 2.45) is 0 Å². The summed E-state index contributed by atoms with van der Waals surface area (Å²) in [4.78, 5) is 11.0. The molecule has 0 spiro atoms. The molecule has 1 aromatic carbocycles. The topological polar surface area (TPSA) is 46.5 Å². The molecular formula is C11H10O3. The van der Waals surface area contributed by atoms with Crippen LogP contribution in [-0.2, 0) is 4.74 Å². The van der Waals surface area contributed by atoms with Crippen molar-refractivity contribution in [2.75, 3.05) is 13.7 Å². The molecule has 0 aromatic heterocycles. The number of ether oxygens (including phenoxy) is 1. The van der Waals surface area contributed by atoms with Crippen molar-refractivity contribution in [3.05, 3.63) is 35.4 Å². The molecule has 0 bridgehead atoms. The van der Waals surface area contributed by atoms with Crippen molar-refractivity contribution < 1.29 is 14.6 Å². The minimum absolute atomic E-state index is 0.168. The van der Waals surface area contributed by atoms with Crippen LogP contribution < -0.4 is 0 Å². The first-order valence-corrected chi connectivity index (χ1v) is 4.06. The fraction of sp³-hybridized carbons (Fsp3) is 0.182. The quantitative estimate of drug-likeness (QED) is 0.526. The molecule has 0 aliphatic carbocycles. The van der Waals surface area contributed by atoms with Crippen molar-refractivity contribution in [2.45, 2.75) is 0 Å². The number of esters is 1. The van der Waals surface area contributed by atoms with E-state index >= 15 is 0 Å². The molecule has 0 radical (unpaired) electrons. The molecule has 0 aliphatic rings. The van der Waals surface area contributed by atoms with Crippen LogP contribution in [0.15, 0.2) is 24.3 Å². The predicted molar refractivity (Wildman–Crippen MR) is 51.7 cm³/mol. The fourth-order valence-electron chi connectivity index (χ4n) is 0.949. The number of methoxy groups -OCH3 is 1. The second kappa shape index (κ2) is 5.05. The van der Waals surface area contributed by atoms with E-state index in [1.54, 1.807) is 24.3 Å². The van der Waals surface area contributed by atoms with Gasteiger partial charge in [0.25, 0.3) is 0 Å². The van der Waals surface area contributed by atoms with E-state index in [4.69, 9.17) is 5.11 Å². The molecule has 72 valence electrons. The third-order valence-corrected chi connectivity index (χ3v) is 1.62. The van der Waals surface area contributed by atoms with E-state index in [1.807, 2.05) is 0 Å². The highest BCUT2D eigenvalue weighted by Gasteiger charge is 2.02. The first kappa shape index (κ1) is 10.3. The van der Waals surface area contributed by atoms with Gasteiger partial charge in [0.1, 0.15) is 6.61 Å². The third-order valence-electron chi connectivity index (χ3n) is 1.62. The Hall–Kier alpha value is -1.79. The number of rotatable bonds is 1. The Morgan fingerprint density at radius 1 is 1.43 bits per heavy atom. The van der Waals surface area contributed by atoms with Crippen LogP contribution in [-0.4, -0.2) is 24.8 Å². The van der Waals surface area contributed by atoms with Gasteiger partial charge in [-0.3, -0.25) is 0 Å². The highest BCUT2D eigenvalue weighted by molar-refractivity contribution is 5.89. The van der Waals surface area contributed by atoms with Crippen LogP contribution in [0.25, 0.3) is 0 Å². The van der Waals surface area contributed by atoms with Gasteiger partial charge in [-0.2, -0.15) is 0 Å². The second-order valence-corrected chi connectivity index (χ2v) is 2.53. The second-order valence-electron chi connectivity index (χ2n) is 2.53. The van der Waals surface area contributed by atoms with Crippen molar-refractivity contribution in [3.8, 4) is 11.8 Å². The van der Waals surface area contributed by atoms with E-state index in [2.05, 4.69) is 16.6 Å². The predicted octanol–water partition coefficient (Wildman–Crippen LogP) is 0.817. The number of benzene rings is 1. The summed E-state index contributed by atoms with van der Waals surface area (Å²) < 4.78 is 4.54. The van der Waals surface area contributed by atoms with E-state index in [0.717, 1.165) is 5.56 Å². The lowest BCUT2D eigenvalue weighted by atomic mass is 10.1. The SMILES string of the molecule is COC(=O)c1ccc(C#CCO)cc1. The number of hydrogen-bond acceptors (Lipinski definition) is 3. The van der Waals surface area contributed by atoms with Crippen LogP contribution in [0.4, 0.5) is 0 Å². The number of aliphatic hydroxyl groups is 1. The van der Waals surface area contributed by atoms with Crippen molar-refractivity contribution in [1.82, 2.24) is 0 Å². The Morgan fingerprint density at radius 2 is 2.07 bits per heavy atom. The van der Waals surface area contributed by atoms with E-state index in [9.17, 15) is 4.79 Å². The molecule has 0 saturated heterocycles. The maximum Gasteiger partial charge on any atom is 0.337 e. The van der Waals surface area contributed by atoms with Gasteiger partial charge in [-0.05, 0) is 24.3 Å². The molecule has 14 heavy (non-hydrogen) atoms. The summed E-state index contributed by atoms with van der Waals surface area (Å²) in [5, 5.41) is 8.46. The third kappa shape index (κ3) is 2.61. The molecule has 0 saturated carbocycles. The zero-order valence-electron chi connectivity index (χ0n) is 7.78. The van der Waals surface area contributed by atoms with Gasteiger partial charge in [-0.1, -0.05) is 11.8 Å². The van der Waals surface area contributed by atoms with Crippen molar-refractivity contribution in [3.63, 3.8) is 0 Å². The first-order chi connectivity index (χ1) is 6.77. The molecule has 0 amide bonds. The lowest BCUT2D eigenvalue weighted by Gasteiger charge is -1.97. The average molecular weight is 190 g/mol. The number of carbonyl (C=O) groups is 1. The highest BCUT2D eigenvalue weighted by atomic mass is 16.5. The largest absolute Gasteiger partial charge is 0.465 e. The first-order valence-electron chi connectivity index (χ1n) is 4.06. The van der Waals surface area contributed by atoms with E-state index in [0.29, 0.717) is 5.56 Å². The lowest BCUT2D eigenvalue weighted by Crippen LogP contribution is -2.00. The summed E-state index contributed by atoms with van der Waals surface area (Å²) in [7, 11) is 1.34. The van der Waals surface area contributed by atoms with Crippen LogP contribution in [0.1, 0.15) is 15.9 Å². The zero-order chi connectivity index (χ0) is 10.4. The maximum atomic E-state index is 11.0. The monoisotopic (exact) mass is 190 g/mol. The molecule has 3 heteroatoms. The van der Waals surface area contributed by atoms with E-state index < -0.39 is 0 Å². The lowest BCUT2D eigenvalue weighted by molar-refractivity contribution is 0.0601. The molecule has 0 unspecified atom stereocenters. The Kier molecular flexibility index (Phi) is 3.71. The molecule has 1 N–H and O–H groups in total. The molecular weight excluding hydrogens is 180 g/mol. The Bertz CT molecular complexity index is 368. The molecule has 3 nitrogen and oxygen atoms in total. The number of carbonyl (C=O) groups excluding carboxylic acids is 1. The molecule has 0 aliphatic heterocycles. The van der Waals surface area contributed by atoms with Gasteiger partial charge in [0.05, 0.1) is 12.7 Å². The summed E-state index contributed by atoms with van der Waals surface area (Å²) in [6.45, 7) is -0.168. The normalized spacial score (nSPS) is 8.71. The smallest absolute Gasteiger partial charge is 0.337 e. The molecule has 0 heterocycles. The molecule has 1 rings (SSSR count). The summed E-state index contributed by atoms with van der Waals surface area (Å²) in [6, 6.07) is 6.67. The minimum atomic E-state index is -0.369. The van der Waals surface area contributed by atoms with Crippen LogP contribution in [0, 0.1) is 11.8 Å². The number of hydrogen-bond donors (Lipinski definition) is 1.